The fourth-order valence-corrected chi connectivity index (χ4v) is 11.9. The fourth-order valence-electron chi connectivity index (χ4n) is 11.9. The molecular weight excluding hydrogens is 504 g/mol. The Morgan fingerprint density at radius 3 is 2.17 bits per heavy atom. The lowest BCUT2D eigenvalue weighted by Crippen LogP contribution is -2.67. The van der Waals surface area contributed by atoms with E-state index in [2.05, 4.69) is 34.3 Å². The van der Waals surface area contributed by atoms with Crippen molar-refractivity contribution in [2.45, 2.75) is 106 Å². The molecule has 6 heteroatoms. The molecule has 0 radical (unpaired) electrons. The normalized spacial score (nSPS) is 47.8. The maximum atomic E-state index is 13.4. The highest BCUT2D eigenvalue weighted by molar-refractivity contribution is 5.86. The molecule has 0 heterocycles. The van der Waals surface area contributed by atoms with Crippen LogP contribution in [0.4, 0.5) is 0 Å². The minimum Gasteiger partial charge on any atom is -0.465 e. The third-order valence-corrected chi connectivity index (χ3v) is 14.0. The summed E-state index contributed by atoms with van der Waals surface area (Å²) >= 11 is 0. The number of aliphatic hydroxyl groups excluding tert-OH is 1. The molecule has 10 unspecified atom stereocenters. The van der Waals surface area contributed by atoms with E-state index in [-0.39, 0.29) is 64.4 Å². The predicted octanol–water partition coefficient (Wildman–Crippen LogP) is 6.29. The molecule has 10 atom stereocenters. The molecule has 6 nitrogen and oxygen atoms in total. The van der Waals surface area contributed by atoms with E-state index in [0.717, 1.165) is 63.4 Å². The van der Waals surface area contributed by atoms with Gasteiger partial charge in [-0.1, -0.05) is 27.4 Å². The SMILES string of the molecule is C=C(CO)C1CCC2(COC(C)=O)CCC3(C)C(CCC4C5(C)CCC(=O)C(C)(COC(C)=O)C5CCC43C)C12. The van der Waals surface area contributed by atoms with Crippen LogP contribution in [-0.2, 0) is 23.9 Å². The standard InChI is InChI=1S/C34H52O6/c1-21(18-35)24-10-15-34(20-40-23(3)37)17-16-32(6)25(29(24)34)8-9-27-30(4)13-12-28(38)31(5,19-39-22(2)36)26(30)11-14-33(27,32)7/h24-27,29,35H,1,8-20H2,2-7H3. The summed E-state index contributed by atoms with van der Waals surface area (Å²) in [5.41, 5.74) is 0.515. The van der Waals surface area contributed by atoms with Crippen LogP contribution in [0.2, 0.25) is 0 Å². The molecule has 0 aromatic rings. The Bertz CT molecular complexity index is 1080. The van der Waals surface area contributed by atoms with Crippen LogP contribution in [0.5, 0.6) is 0 Å². The molecule has 0 aliphatic heterocycles. The molecule has 40 heavy (non-hydrogen) atoms. The van der Waals surface area contributed by atoms with Gasteiger partial charge in [-0.3, -0.25) is 14.4 Å². The minimum atomic E-state index is -0.626. The first-order valence-corrected chi connectivity index (χ1v) is 15.8. The molecule has 5 saturated carbocycles. The minimum absolute atomic E-state index is 0.0137. The average Bonchev–Trinajstić information content (AvgIpc) is 3.29. The number of rotatable bonds is 6. The van der Waals surface area contributed by atoms with Crippen LogP contribution < -0.4 is 0 Å². The van der Waals surface area contributed by atoms with Gasteiger partial charge in [-0.25, -0.2) is 0 Å². The highest BCUT2D eigenvalue weighted by atomic mass is 16.5. The van der Waals surface area contributed by atoms with E-state index in [9.17, 15) is 19.5 Å². The number of carbonyl (C=O) groups excluding carboxylic acids is 3. The second-order valence-corrected chi connectivity index (χ2v) is 15.4. The van der Waals surface area contributed by atoms with Crippen molar-refractivity contribution in [2.24, 2.45) is 56.7 Å². The van der Waals surface area contributed by atoms with Crippen LogP contribution in [0.1, 0.15) is 106 Å². The molecule has 0 bridgehead atoms. The summed E-state index contributed by atoms with van der Waals surface area (Å²) in [6.07, 6.45) is 9.96. The number of hydrogen-bond acceptors (Lipinski definition) is 6. The van der Waals surface area contributed by atoms with Crippen molar-refractivity contribution in [3.8, 4) is 0 Å². The summed E-state index contributed by atoms with van der Waals surface area (Å²) in [7, 11) is 0. The number of Topliss-reactive ketones (excluding diaryl/α,β-unsaturated/α-hetero) is 1. The largest absolute Gasteiger partial charge is 0.465 e. The Kier molecular flexibility index (Phi) is 7.41. The molecule has 0 saturated heterocycles. The topological polar surface area (TPSA) is 89.9 Å². The third-order valence-electron chi connectivity index (χ3n) is 14.0. The number of aliphatic hydroxyl groups is 1. The molecule has 0 amide bonds. The van der Waals surface area contributed by atoms with Gasteiger partial charge in [0, 0.05) is 25.7 Å². The van der Waals surface area contributed by atoms with Gasteiger partial charge in [-0.2, -0.15) is 0 Å². The second-order valence-electron chi connectivity index (χ2n) is 15.4. The van der Waals surface area contributed by atoms with Crippen molar-refractivity contribution in [3.05, 3.63) is 12.2 Å². The monoisotopic (exact) mass is 556 g/mol. The van der Waals surface area contributed by atoms with Crippen molar-refractivity contribution in [1.29, 1.82) is 0 Å². The van der Waals surface area contributed by atoms with Gasteiger partial charge in [-0.05, 0) is 116 Å². The molecule has 1 N–H and O–H groups in total. The number of ether oxygens (including phenoxy) is 2. The van der Waals surface area contributed by atoms with Crippen molar-refractivity contribution in [2.75, 3.05) is 19.8 Å². The summed E-state index contributed by atoms with van der Waals surface area (Å²) < 4.78 is 11.3. The van der Waals surface area contributed by atoms with Crippen molar-refractivity contribution >= 4 is 17.7 Å². The Hall–Kier alpha value is -1.69. The van der Waals surface area contributed by atoms with Gasteiger partial charge in [0.25, 0.3) is 0 Å². The first kappa shape index (κ1) is 29.8. The number of esters is 2. The summed E-state index contributed by atoms with van der Waals surface area (Å²) in [5.74, 6) is 1.52. The summed E-state index contributed by atoms with van der Waals surface area (Å²) in [6.45, 7) is 17.6. The van der Waals surface area contributed by atoms with Gasteiger partial charge in [0.05, 0.1) is 18.6 Å². The van der Waals surface area contributed by atoms with Crippen molar-refractivity contribution in [3.63, 3.8) is 0 Å². The zero-order chi connectivity index (χ0) is 29.3. The predicted molar refractivity (Wildman–Crippen MR) is 153 cm³/mol. The van der Waals surface area contributed by atoms with Gasteiger partial charge in [0.15, 0.2) is 0 Å². The lowest BCUT2D eigenvalue weighted by molar-refractivity contribution is -0.240. The van der Waals surface area contributed by atoms with Gasteiger partial charge in [0.1, 0.15) is 12.4 Å². The van der Waals surface area contributed by atoms with Gasteiger partial charge < -0.3 is 14.6 Å². The van der Waals surface area contributed by atoms with Crippen LogP contribution >= 0.6 is 0 Å². The van der Waals surface area contributed by atoms with Crippen LogP contribution in [-0.4, -0.2) is 42.6 Å². The Balaban J connectivity index is 1.51. The van der Waals surface area contributed by atoms with Crippen LogP contribution in [0.3, 0.4) is 0 Å². The van der Waals surface area contributed by atoms with E-state index < -0.39 is 5.41 Å². The zero-order valence-electron chi connectivity index (χ0n) is 25.8. The van der Waals surface area contributed by atoms with E-state index >= 15 is 0 Å². The molecule has 0 aromatic heterocycles. The number of ketones is 1. The zero-order valence-corrected chi connectivity index (χ0v) is 25.8. The molecule has 5 rings (SSSR count). The van der Waals surface area contributed by atoms with E-state index in [1.807, 2.05) is 0 Å². The molecule has 224 valence electrons. The first-order chi connectivity index (χ1) is 18.7. The molecule has 0 spiro atoms. The Morgan fingerprint density at radius 1 is 0.850 bits per heavy atom. The maximum Gasteiger partial charge on any atom is 0.302 e. The Morgan fingerprint density at radius 2 is 1.52 bits per heavy atom. The van der Waals surface area contributed by atoms with Crippen molar-refractivity contribution < 1.29 is 29.0 Å². The average molecular weight is 557 g/mol. The van der Waals surface area contributed by atoms with Gasteiger partial charge >= 0.3 is 11.9 Å². The van der Waals surface area contributed by atoms with E-state index in [1.165, 1.54) is 13.8 Å². The van der Waals surface area contributed by atoms with Gasteiger partial charge in [0.2, 0.25) is 0 Å². The van der Waals surface area contributed by atoms with Crippen LogP contribution in [0.25, 0.3) is 0 Å². The molecule has 0 aromatic carbocycles. The lowest BCUT2D eigenvalue weighted by atomic mass is 9.32. The van der Waals surface area contributed by atoms with Gasteiger partial charge in [-0.15, -0.1) is 0 Å². The van der Waals surface area contributed by atoms with E-state index in [4.69, 9.17) is 9.47 Å². The van der Waals surface area contributed by atoms with Crippen LogP contribution in [0, 0.1) is 56.7 Å². The third kappa shape index (κ3) is 4.08. The fraction of sp³-hybridized carbons (Fsp3) is 0.853. The lowest BCUT2D eigenvalue weighted by Gasteiger charge is -2.72. The summed E-state index contributed by atoms with van der Waals surface area (Å²) in [6, 6.07) is 0. The number of fused-ring (bicyclic) bond motifs is 7. The van der Waals surface area contributed by atoms with Crippen molar-refractivity contribution in [1.82, 2.24) is 0 Å². The molecule has 5 fully saturated rings. The first-order valence-electron chi connectivity index (χ1n) is 15.8. The summed E-state index contributed by atoms with van der Waals surface area (Å²) in [4.78, 5) is 37.1. The molecule has 5 aliphatic carbocycles. The quantitative estimate of drug-likeness (QED) is 0.305. The van der Waals surface area contributed by atoms with E-state index in [0.29, 0.717) is 30.8 Å². The highest BCUT2D eigenvalue weighted by Crippen LogP contribution is 2.77. The second kappa shape index (κ2) is 9.95. The smallest absolute Gasteiger partial charge is 0.302 e. The van der Waals surface area contributed by atoms with E-state index in [1.54, 1.807) is 0 Å². The summed E-state index contributed by atoms with van der Waals surface area (Å²) in [5, 5.41) is 10.2. The Labute approximate surface area is 241 Å². The number of hydrogen-bond donors (Lipinski definition) is 1. The molecule has 5 aliphatic rings. The number of carbonyl (C=O) groups is 3. The highest BCUT2D eigenvalue weighted by Gasteiger charge is 2.71. The molecular formula is C34H52O6. The van der Waals surface area contributed by atoms with Crippen LogP contribution in [0.15, 0.2) is 12.2 Å². The maximum absolute atomic E-state index is 13.4.